The lowest BCUT2D eigenvalue weighted by molar-refractivity contribution is 0.265. The first kappa shape index (κ1) is 17.0. The average molecular weight is 349 g/mol. The molecule has 0 N–H and O–H groups in total. The molecule has 8 heteroatoms. The van der Waals surface area contributed by atoms with E-state index in [0.717, 1.165) is 42.9 Å². The molecule has 24 heavy (non-hydrogen) atoms. The fraction of sp³-hybridized carbons (Fsp3) is 0.562. The molecule has 2 aromatic rings. The molecule has 0 spiro atoms. The lowest BCUT2D eigenvalue weighted by Crippen LogP contribution is -2.40. The molecule has 0 aliphatic carbocycles. The second-order valence-electron chi connectivity index (χ2n) is 6.22. The Balaban J connectivity index is 1.84. The summed E-state index contributed by atoms with van der Waals surface area (Å²) in [5, 5.41) is 4.30. The van der Waals surface area contributed by atoms with Gasteiger partial charge in [-0.25, -0.2) is 12.7 Å². The van der Waals surface area contributed by atoms with Crippen molar-refractivity contribution in [1.82, 2.24) is 24.1 Å². The Hall–Kier alpha value is -1.80. The van der Waals surface area contributed by atoms with Crippen LogP contribution in [0, 0.1) is 5.92 Å². The summed E-state index contributed by atoms with van der Waals surface area (Å²) >= 11 is 0. The number of hydrogen-bond acceptors (Lipinski definition) is 5. The Kier molecular flexibility index (Phi) is 4.96. The number of hydrogen-bond donors (Lipinski definition) is 0. The number of aryl methyl sites for hydroxylation is 1. The van der Waals surface area contributed by atoms with Crippen LogP contribution < -0.4 is 0 Å². The van der Waals surface area contributed by atoms with Crippen LogP contribution in [0.2, 0.25) is 0 Å². The Morgan fingerprint density at radius 2 is 2.04 bits per heavy atom. The molecule has 2 aromatic heterocycles. The molecule has 130 valence electrons. The predicted octanol–water partition coefficient (Wildman–Crippen LogP) is 1.57. The van der Waals surface area contributed by atoms with Crippen molar-refractivity contribution < 1.29 is 8.42 Å². The minimum atomic E-state index is -3.13. The van der Waals surface area contributed by atoms with E-state index in [2.05, 4.69) is 15.1 Å². The van der Waals surface area contributed by atoms with Crippen LogP contribution in [0.5, 0.6) is 0 Å². The van der Waals surface area contributed by atoms with E-state index in [4.69, 9.17) is 0 Å². The molecule has 3 heterocycles. The van der Waals surface area contributed by atoms with E-state index in [9.17, 15) is 8.42 Å². The molecule has 0 amide bonds. The van der Waals surface area contributed by atoms with Crippen molar-refractivity contribution in [1.29, 1.82) is 0 Å². The van der Waals surface area contributed by atoms with E-state index in [1.54, 1.807) is 22.9 Å². The number of nitrogens with zero attached hydrogens (tertiary/aromatic N) is 5. The van der Waals surface area contributed by atoms with Crippen LogP contribution >= 0.6 is 0 Å². The van der Waals surface area contributed by atoms with Gasteiger partial charge < -0.3 is 0 Å². The number of aromatic nitrogens is 4. The molecule has 0 radical (unpaired) electrons. The van der Waals surface area contributed by atoms with Crippen molar-refractivity contribution in [2.75, 3.05) is 19.3 Å². The summed E-state index contributed by atoms with van der Waals surface area (Å²) < 4.78 is 27.1. The largest absolute Gasteiger partial charge is 0.264 e. The topological polar surface area (TPSA) is 81.0 Å². The highest BCUT2D eigenvalue weighted by molar-refractivity contribution is 7.88. The van der Waals surface area contributed by atoms with E-state index in [-0.39, 0.29) is 5.92 Å². The maximum absolute atomic E-state index is 11.8. The van der Waals surface area contributed by atoms with Gasteiger partial charge in [-0.3, -0.25) is 14.6 Å². The number of rotatable bonds is 5. The van der Waals surface area contributed by atoms with Crippen LogP contribution in [0.1, 0.15) is 25.5 Å². The van der Waals surface area contributed by atoms with Crippen LogP contribution in [0.15, 0.2) is 24.7 Å². The van der Waals surface area contributed by atoms with Crippen molar-refractivity contribution >= 4 is 10.0 Å². The maximum atomic E-state index is 11.8. The second-order valence-corrected chi connectivity index (χ2v) is 8.20. The van der Waals surface area contributed by atoms with Gasteiger partial charge in [0.25, 0.3) is 0 Å². The molecule has 7 nitrogen and oxygen atoms in total. The van der Waals surface area contributed by atoms with Gasteiger partial charge in [-0.15, -0.1) is 0 Å². The van der Waals surface area contributed by atoms with E-state index in [1.807, 2.05) is 17.7 Å². The summed E-state index contributed by atoms with van der Waals surface area (Å²) in [5.41, 5.74) is 2.71. The van der Waals surface area contributed by atoms with Crippen LogP contribution in [0.3, 0.4) is 0 Å². The smallest absolute Gasteiger partial charge is 0.211 e. The molecule has 0 aromatic carbocycles. The number of sulfonamides is 1. The summed E-state index contributed by atoms with van der Waals surface area (Å²) in [6, 6.07) is 1.95. The predicted molar refractivity (Wildman–Crippen MR) is 91.8 cm³/mol. The fourth-order valence-corrected chi connectivity index (χ4v) is 4.23. The first-order valence-electron chi connectivity index (χ1n) is 8.26. The van der Waals surface area contributed by atoms with Gasteiger partial charge in [0.05, 0.1) is 17.6 Å². The van der Waals surface area contributed by atoms with Crippen LogP contribution in [-0.2, 0) is 23.0 Å². The molecule has 0 bridgehead atoms. The lowest BCUT2D eigenvalue weighted by atomic mass is 9.93. The minimum absolute atomic E-state index is 0.266. The summed E-state index contributed by atoms with van der Waals surface area (Å²) in [5.74, 6) is 0.266. The van der Waals surface area contributed by atoms with Gasteiger partial charge >= 0.3 is 0 Å². The van der Waals surface area contributed by atoms with Gasteiger partial charge in [-0.2, -0.15) is 5.10 Å². The van der Waals surface area contributed by atoms with E-state index >= 15 is 0 Å². The van der Waals surface area contributed by atoms with Gasteiger partial charge in [0, 0.05) is 38.2 Å². The summed E-state index contributed by atoms with van der Waals surface area (Å²) in [4.78, 5) is 9.03. The van der Waals surface area contributed by atoms with Gasteiger partial charge in [0.2, 0.25) is 10.0 Å². The Bertz CT molecular complexity index is 802. The first-order chi connectivity index (χ1) is 11.5. The van der Waals surface area contributed by atoms with Gasteiger partial charge in [0.15, 0.2) is 0 Å². The van der Waals surface area contributed by atoms with E-state index < -0.39 is 10.0 Å². The SMILES string of the molecule is CCn1nccc1-c1nccnc1C[C@H]1CCCN(S(C)(=O)=O)C1. The minimum Gasteiger partial charge on any atom is -0.264 e. The molecule has 1 saturated heterocycles. The molecular weight excluding hydrogens is 326 g/mol. The van der Waals surface area contributed by atoms with Crippen LogP contribution in [0.25, 0.3) is 11.4 Å². The third kappa shape index (κ3) is 3.64. The molecular formula is C16H23N5O2S. The standard InChI is InChI=1S/C16H23N5O2S/c1-3-21-15(6-7-19-21)16-14(17-8-9-18-16)11-13-5-4-10-20(12-13)24(2,22)23/h6-9,13H,3-5,10-12H2,1-2H3/t13-/m1/s1. The average Bonchev–Trinajstić information content (AvgIpc) is 3.03. The quantitative estimate of drug-likeness (QED) is 0.818. The zero-order valence-electron chi connectivity index (χ0n) is 14.1. The van der Waals surface area contributed by atoms with Crippen molar-refractivity contribution in [2.45, 2.75) is 32.7 Å². The van der Waals surface area contributed by atoms with Gasteiger partial charge in [-0.1, -0.05) is 0 Å². The highest BCUT2D eigenvalue weighted by Gasteiger charge is 2.27. The normalized spacial score (nSPS) is 19.5. The van der Waals surface area contributed by atoms with Crippen molar-refractivity contribution in [2.24, 2.45) is 5.92 Å². The zero-order valence-corrected chi connectivity index (χ0v) is 14.9. The Labute approximate surface area is 142 Å². The van der Waals surface area contributed by atoms with E-state index in [1.165, 1.54) is 6.26 Å². The maximum Gasteiger partial charge on any atom is 0.211 e. The van der Waals surface area contributed by atoms with Crippen LogP contribution in [0.4, 0.5) is 0 Å². The molecule has 0 saturated carbocycles. The lowest BCUT2D eigenvalue weighted by Gasteiger charge is -2.31. The van der Waals surface area contributed by atoms with Crippen molar-refractivity contribution in [3.05, 3.63) is 30.4 Å². The van der Waals surface area contributed by atoms with E-state index in [0.29, 0.717) is 13.1 Å². The van der Waals surface area contributed by atoms with Gasteiger partial charge in [-0.05, 0) is 38.2 Å². The Morgan fingerprint density at radius 1 is 1.25 bits per heavy atom. The molecule has 0 unspecified atom stereocenters. The number of piperidine rings is 1. The molecule has 3 rings (SSSR count). The highest BCUT2D eigenvalue weighted by Crippen LogP contribution is 2.26. The van der Waals surface area contributed by atoms with Gasteiger partial charge in [0.1, 0.15) is 5.69 Å². The molecule has 1 aliphatic rings. The summed E-state index contributed by atoms with van der Waals surface area (Å²) in [6.07, 6.45) is 9.06. The first-order valence-corrected chi connectivity index (χ1v) is 10.1. The third-order valence-corrected chi connectivity index (χ3v) is 5.74. The zero-order chi connectivity index (χ0) is 17.2. The molecule has 1 aliphatic heterocycles. The molecule has 1 atom stereocenters. The summed E-state index contributed by atoms with van der Waals surface area (Å²) in [7, 11) is -3.13. The van der Waals surface area contributed by atoms with Crippen LogP contribution in [-0.4, -0.2) is 51.8 Å². The van der Waals surface area contributed by atoms with Crippen molar-refractivity contribution in [3.8, 4) is 11.4 Å². The summed E-state index contributed by atoms with van der Waals surface area (Å²) in [6.45, 7) is 3.98. The highest BCUT2D eigenvalue weighted by atomic mass is 32.2. The Morgan fingerprint density at radius 3 is 2.79 bits per heavy atom. The van der Waals surface area contributed by atoms with Crippen molar-refractivity contribution in [3.63, 3.8) is 0 Å². The fourth-order valence-electron chi connectivity index (χ4n) is 3.28. The second kappa shape index (κ2) is 6.98. The monoisotopic (exact) mass is 349 g/mol. The third-order valence-electron chi connectivity index (χ3n) is 4.47. The molecule has 1 fully saturated rings.